The van der Waals surface area contributed by atoms with Crippen LogP contribution in [0.1, 0.15) is 50.8 Å². The zero-order chi connectivity index (χ0) is 18.9. The minimum atomic E-state index is -0.0560. The Kier molecular flexibility index (Phi) is 4.94. The Hall–Kier alpha value is -2.12. The Morgan fingerprint density at radius 2 is 1.58 bits per heavy atom. The number of benzene rings is 2. The zero-order valence-corrected chi connectivity index (χ0v) is 16.9. The average molecular weight is 347 g/mol. The van der Waals surface area contributed by atoms with Crippen molar-refractivity contribution >= 4 is 0 Å². The molecule has 0 aliphatic heterocycles. The number of fused-ring (bicyclic) bond motifs is 3. The van der Waals surface area contributed by atoms with Gasteiger partial charge in [-0.1, -0.05) is 85.7 Å². The molecule has 0 radical (unpaired) electrons. The molecule has 0 N–H and O–H groups in total. The van der Waals surface area contributed by atoms with Crippen molar-refractivity contribution in [1.29, 1.82) is 0 Å². The number of hydrogen-bond acceptors (Lipinski definition) is 1. The van der Waals surface area contributed by atoms with Crippen LogP contribution in [0.3, 0.4) is 0 Å². The highest BCUT2D eigenvalue weighted by molar-refractivity contribution is 5.80. The lowest BCUT2D eigenvalue weighted by Crippen LogP contribution is -2.24. The molecule has 0 aromatic heterocycles. The van der Waals surface area contributed by atoms with Crippen LogP contribution in [0.15, 0.2) is 66.3 Å². The molecule has 0 bridgehead atoms. The van der Waals surface area contributed by atoms with E-state index in [-0.39, 0.29) is 11.0 Å². The average Bonchev–Trinajstić information content (AvgIpc) is 2.86. The molecule has 0 amide bonds. The fraction of sp³-hybridized carbons (Fsp3) is 0.360. The predicted molar refractivity (Wildman–Crippen MR) is 112 cm³/mol. The third-order valence-corrected chi connectivity index (χ3v) is 5.73. The lowest BCUT2D eigenvalue weighted by Gasteiger charge is -2.25. The summed E-state index contributed by atoms with van der Waals surface area (Å²) in [7, 11) is 1.75. The summed E-state index contributed by atoms with van der Waals surface area (Å²) in [6, 6.07) is 15.6. The van der Waals surface area contributed by atoms with Crippen molar-refractivity contribution in [2.24, 2.45) is 0 Å². The number of hydrogen-bond donors (Lipinski definition) is 0. The molecule has 2 aromatic carbocycles. The Balaban J connectivity index is 0.000000170. The van der Waals surface area contributed by atoms with E-state index in [9.17, 15) is 0 Å². The van der Waals surface area contributed by atoms with Crippen LogP contribution in [0.4, 0.5) is 0 Å². The van der Waals surface area contributed by atoms with Crippen LogP contribution in [-0.2, 0) is 10.2 Å². The molecule has 1 nitrogen and oxygen atoms in total. The second-order valence-corrected chi connectivity index (χ2v) is 8.22. The van der Waals surface area contributed by atoms with Gasteiger partial charge in [0.25, 0.3) is 0 Å². The van der Waals surface area contributed by atoms with Crippen LogP contribution in [0, 0.1) is 6.92 Å². The van der Waals surface area contributed by atoms with E-state index in [0.29, 0.717) is 0 Å². The van der Waals surface area contributed by atoms with Gasteiger partial charge in [0.05, 0.1) is 5.60 Å². The van der Waals surface area contributed by atoms with Crippen LogP contribution in [0.2, 0.25) is 0 Å². The van der Waals surface area contributed by atoms with Crippen LogP contribution >= 0.6 is 0 Å². The predicted octanol–water partition coefficient (Wildman–Crippen LogP) is 6.60. The van der Waals surface area contributed by atoms with Gasteiger partial charge in [-0.25, -0.2) is 0 Å². The lowest BCUT2D eigenvalue weighted by atomic mass is 9.82. The number of aryl methyl sites for hydroxylation is 1. The van der Waals surface area contributed by atoms with Crippen molar-refractivity contribution in [3.8, 4) is 11.1 Å². The Bertz CT molecular complexity index is 869. The van der Waals surface area contributed by atoms with E-state index in [0.717, 1.165) is 6.42 Å². The van der Waals surface area contributed by atoms with Crippen LogP contribution < -0.4 is 0 Å². The molecule has 0 saturated carbocycles. The van der Waals surface area contributed by atoms with E-state index in [4.69, 9.17) is 4.74 Å². The monoisotopic (exact) mass is 346 g/mol. The van der Waals surface area contributed by atoms with Crippen molar-refractivity contribution < 1.29 is 4.74 Å². The molecule has 0 fully saturated rings. The fourth-order valence-electron chi connectivity index (χ4n) is 3.78. The molecular weight excluding hydrogens is 316 g/mol. The third-order valence-electron chi connectivity index (χ3n) is 5.73. The van der Waals surface area contributed by atoms with Gasteiger partial charge in [-0.3, -0.25) is 0 Å². The van der Waals surface area contributed by atoms with E-state index in [1.165, 1.54) is 33.4 Å². The number of methoxy groups -OCH3 is 1. The van der Waals surface area contributed by atoms with Crippen LogP contribution in [0.25, 0.3) is 11.1 Å². The van der Waals surface area contributed by atoms with E-state index in [1.54, 1.807) is 7.11 Å². The first-order chi connectivity index (χ1) is 12.3. The fourth-order valence-corrected chi connectivity index (χ4v) is 3.78. The highest BCUT2D eigenvalue weighted by atomic mass is 16.5. The minimum absolute atomic E-state index is 0.0560. The first kappa shape index (κ1) is 18.7. The van der Waals surface area contributed by atoms with Gasteiger partial charge in [0.2, 0.25) is 0 Å². The van der Waals surface area contributed by atoms with Gasteiger partial charge >= 0.3 is 0 Å². The minimum Gasteiger partial charge on any atom is -0.374 e. The van der Waals surface area contributed by atoms with E-state index in [2.05, 4.69) is 95.3 Å². The molecule has 1 unspecified atom stereocenters. The summed E-state index contributed by atoms with van der Waals surface area (Å²) >= 11 is 0. The van der Waals surface area contributed by atoms with Crippen molar-refractivity contribution in [2.45, 2.75) is 52.1 Å². The second kappa shape index (κ2) is 6.89. The van der Waals surface area contributed by atoms with Crippen molar-refractivity contribution in [3.05, 3.63) is 83.0 Å². The molecule has 0 heterocycles. The maximum Gasteiger partial charge on any atom is 0.0868 e. The normalized spacial score (nSPS) is 22.0. The third kappa shape index (κ3) is 3.41. The smallest absolute Gasteiger partial charge is 0.0868 e. The molecule has 0 saturated heterocycles. The van der Waals surface area contributed by atoms with Crippen molar-refractivity contribution in [2.75, 3.05) is 7.11 Å². The lowest BCUT2D eigenvalue weighted by molar-refractivity contribution is 0.0502. The maximum atomic E-state index is 5.30. The first-order valence-electron chi connectivity index (χ1n) is 9.39. The summed E-state index contributed by atoms with van der Waals surface area (Å²) < 4.78 is 5.30. The molecule has 136 valence electrons. The van der Waals surface area contributed by atoms with E-state index >= 15 is 0 Å². The molecule has 1 atom stereocenters. The second-order valence-electron chi connectivity index (χ2n) is 8.22. The van der Waals surface area contributed by atoms with Gasteiger partial charge in [-0.2, -0.15) is 0 Å². The molecule has 2 aromatic rings. The molecule has 26 heavy (non-hydrogen) atoms. The number of rotatable bonds is 1. The molecular formula is C25H30O. The van der Waals surface area contributed by atoms with Crippen molar-refractivity contribution in [1.82, 2.24) is 0 Å². The Morgan fingerprint density at radius 3 is 2.23 bits per heavy atom. The van der Waals surface area contributed by atoms with Gasteiger partial charge in [0.15, 0.2) is 0 Å². The Morgan fingerprint density at radius 1 is 0.885 bits per heavy atom. The summed E-state index contributed by atoms with van der Waals surface area (Å²) in [5.41, 5.74) is 8.50. The first-order valence-corrected chi connectivity index (χ1v) is 9.39. The van der Waals surface area contributed by atoms with Gasteiger partial charge in [-0.05, 0) is 49.4 Å². The molecule has 2 aliphatic carbocycles. The quantitative estimate of drug-likeness (QED) is 0.565. The number of allylic oxidation sites excluding steroid dienone is 2. The summed E-state index contributed by atoms with van der Waals surface area (Å²) in [4.78, 5) is 0. The van der Waals surface area contributed by atoms with Gasteiger partial charge in [0.1, 0.15) is 0 Å². The Labute approximate surface area is 158 Å². The maximum absolute atomic E-state index is 5.30. The SMILES string of the molecule is COC1(C)C=CC(C)=CC1.Cc1ccc2c(c1)C(C)(C)c1ccccc1-2. The number of ether oxygens (including phenoxy) is 1. The van der Waals surface area contributed by atoms with Gasteiger partial charge in [-0.15, -0.1) is 0 Å². The van der Waals surface area contributed by atoms with Gasteiger partial charge < -0.3 is 4.74 Å². The highest BCUT2D eigenvalue weighted by Crippen LogP contribution is 2.48. The zero-order valence-electron chi connectivity index (χ0n) is 16.9. The van der Waals surface area contributed by atoms with Crippen LogP contribution in [0.5, 0.6) is 0 Å². The van der Waals surface area contributed by atoms with Gasteiger partial charge in [0, 0.05) is 12.5 Å². The largest absolute Gasteiger partial charge is 0.374 e. The summed E-state index contributed by atoms with van der Waals surface area (Å²) in [5.74, 6) is 0. The summed E-state index contributed by atoms with van der Waals surface area (Å²) in [6.45, 7) is 11.0. The van der Waals surface area contributed by atoms with Crippen LogP contribution in [-0.4, -0.2) is 12.7 Å². The molecule has 4 rings (SSSR count). The van der Waals surface area contributed by atoms with E-state index in [1.807, 2.05) is 0 Å². The van der Waals surface area contributed by atoms with Crippen molar-refractivity contribution in [3.63, 3.8) is 0 Å². The van der Waals surface area contributed by atoms with E-state index < -0.39 is 0 Å². The molecule has 0 spiro atoms. The topological polar surface area (TPSA) is 9.23 Å². The molecule has 2 aliphatic rings. The molecule has 1 heteroatoms. The summed E-state index contributed by atoms with van der Waals surface area (Å²) in [5, 5.41) is 0. The standard InChI is InChI=1S/C16H16.C9H14O/c1-11-8-9-13-12-6-4-5-7-14(12)16(2,3)15(13)10-11;1-8-4-6-9(2,10-3)7-5-8/h4-10H,1-3H3;4-6H,7H2,1-3H3. The summed E-state index contributed by atoms with van der Waals surface area (Å²) in [6.07, 6.45) is 7.41. The highest BCUT2D eigenvalue weighted by Gasteiger charge is 2.34.